The zero-order valence-electron chi connectivity index (χ0n) is 11.4. The minimum Gasteiger partial charge on any atom is -0.344 e. The van der Waals surface area contributed by atoms with E-state index < -0.39 is 0 Å². The molecule has 1 saturated heterocycles. The first-order valence-corrected chi connectivity index (χ1v) is 6.78. The van der Waals surface area contributed by atoms with Crippen LogP contribution in [0.3, 0.4) is 0 Å². The van der Waals surface area contributed by atoms with Gasteiger partial charge in [-0.25, -0.2) is 0 Å². The maximum atomic E-state index is 12.4. The van der Waals surface area contributed by atoms with Gasteiger partial charge in [-0.1, -0.05) is 37.3 Å². The molecule has 0 bridgehead atoms. The highest BCUT2D eigenvalue weighted by Gasteiger charge is 2.31. The summed E-state index contributed by atoms with van der Waals surface area (Å²) in [6.45, 7) is 4.41. The summed E-state index contributed by atoms with van der Waals surface area (Å²) in [5.74, 6) is -0.0207. The Kier molecular flexibility index (Phi) is 4.20. The van der Waals surface area contributed by atoms with Gasteiger partial charge in [-0.05, 0) is 18.9 Å². The Balaban J connectivity index is 2.22. The number of rotatable bonds is 3. The Morgan fingerprint density at radius 3 is 2.63 bits per heavy atom. The van der Waals surface area contributed by atoms with E-state index in [-0.39, 0.29) is 23.9 Å². The van der Waals surface area contributed by atoms with Crippen LogP contribution in [0.4, 0.5) is 0 Å². The number of carbonyl (C=O) groups is 2. The van der Waals surface area contributed by atoms with E-state index in [2.05, 4.69) is 5.32 Å². The van der Waals surface area contributed by atoms with Crippen molar-refractivity contribution in [2.24, 2.45) is 0 Å². The topological polar surface area (TPSA) is 49.4 Å². The van der Waals surface area contributed by atoms with Crippen LogP contribution in [-0.2, 0) is 9.59 Å². The maximum absolute atomic E-state index is 12.4. The molecule has 0 radical (unpaired) electrons. The van der Waals surface area contributed by atoms with E-state index in [9.17, 15) is 9.59 Å². The highest BCUT2D eigenvalue weighted by molar-refractivity contribution is 5.90. The highest BCUT2D eigenvalue weighted by Crippen LogP contribution is 2.22. The van der Waals surface area contributed by atoms with Crippen molar-refractivity contribution >= 4 is 11.8 Å². The first-order chi connectivity index (χ1) is 9.13. The van der Waals surface area contributed by atoms with Crippen molar-refractivity contribution < 1.29 is 9.59 Å². The fourth-order valence-electron chi connectivity index (χ4n) is 2.43. The molecule has 0 spiro atoms. The van der Waals surface area contributed by atoms with Crippen LogP contribution in [0.2, 0.25) is 0 Å². The lowest BCUT2D eigenvalue weighted by Gasteiger charge is -2.30. The van der Waals surface area contributed by atoms with Gasteiger partial charge in [0, 0.05) is 13.0 Å². The number of nitrogens with one attached hydrogen (secondary N) is 1. The lowest BCUT2D eigenvalue weighted by atomic mass is 10.1. The van der Waals surface area contributed by atoms with Gasteiger partial charge in [-0.3, -0.25) is 9.59 Å². The molecule has 1 heterocycles. The van der Waals surface area contributed by atoms with Crippen LogP contribution in [0.1, 0.15) is 38.3 Å². The summed E-state index contributed by atoms with van der Waals surface area (Å²) in [6, 6.07) is 9.53. The van der Waals surface area contributed by atoms with Crippen LogP contribution in [0.15, 0.2) is 30.3 Å². The zero-order valence-corrected chi connectivity index (χ0v) is 11.4. The lowest BCUT2D eigenvalue weighted by Crippen LogP contribution is -2.45. The summed E-state index contributed by atoms with van der Waals surface area (Å²) in [6.07, 6.45) is 1.00. The molecule has 1 fully saturated rings. The first kappa shape index (κ1) is 13.6. The number of carbonyl (C=O) groups excluding carboxylic acids is 2. The van der Waals surface area contributed by atoms with Crippen molar-refractivity contribution in [3.8, 4) is 0 Å². The van der Waals surface area contributed by atoms with Crippen LogP contribution < -0.4 is 5.32 Å². The average Bonchev–Trinajstić information content (AvgIpc) is 2.58. The van der Waals surface area contributed by atoms with Crippen molar-refractivity contribution in [3.63, 3.8) is 0 Å². The molecule has 2 unspecified atom stereocenters. The Labute approximate surface area is 113 Å². The Morgan fingerprint density at radius 2 is 2.00 bits per heavy atom. The molecule has 0 saturated carbocycles. The predicted octanol–water partition coefficient (Wildman–Crippen LogP) is 1.87. The standard InChI is InChI=1S/C15H20N2O2/c1-3-13-15(19)17(10-9-14(18)16-13)11(2)12-7-5-4-6-8-12/h4-8,11,13H,3,9-10H2,1-2H3,(H,16,18). The molecule has 0 aromatic heterocycles. The minimum absolute atomic E-state index is 0.00421. The zero-order chi connectivity index (χ0) is 13.8. The molecule has 1 aliphatic heterocycles. The second-order valence-corrected chi connectivity index (χ2v) is 4.90. The lowest BCUT2D eigenvalue weighted by molar-refractivity contribution is -0.135. The molecule has 1 N–H and O–H groups in total. The van der Waals surface area contributed by atoms with Crippen molar-refractivity contribution in [2.45, 2.75) is 38.8 Å². The fraction of sp³-hybridized carbons (Fsp3) is 0.467. The molecule has 1 aromatic carbocycles. The van der Waals surface area contributed by atoms with E-state index in [0.717, 1.165) is 5.56 Å². The summed E-state index contributed by atoms with van der Waals surface area (Å²) < 4.78 is 0. The molecule has 4 nitrogen and oxygen atoms in total. The van der Waals surface area contributed by atoms with Gasteiger partial charge in [-0.15, -0.1) is 0 Å². The van der Waals surface area contributed by atoms with Gasteiger partial charge in [0.1, 0.15) is 6.04 Å². The van der Waals surface area contributed by atoms with Crippen molar-refractivity contribution in [1.29, 1.82) is 0 Å². The third-order valence-electron chi connectivity index (χ3n) is 3.65. The molecule has 102 valence electrons. The quantitative estimate of drug-likeness (QED) is 0.902. The molecule has 19 heavy (non-hydrogen) atoms. The monoisotopic (exact) mass is 260 g/mol. The van der Waals surface area contributed by atoms with Crippen LogP contribution in [0, 0.1) is 0 Å². The summed E-state index contributed by atoms with van der Waals surface area (Å²) in [7, 11) is 0. The Morgan fingerprint density at radius 1 is 1.32 bits per heavy atom. The van der Waals surface area contributed by atoms with E-state index in [1.165, 1.54) is 0 Å². The molecule has 4 heteroatoms. The van der Waals surface area contributed by atoms with Crippen molar-refractivity contribution in [3.05, 3.63) is 35.9 Å². The van der Waals surface area contributed by atoms with Crippen molar-refractivity contribution in [2.75, 3.05) is 6.54 Å². The van der Waals surface area contributed by atoms with Gasteiger partial charge < -0.3 is 10.2 Å². The van der Waals surface area contributed by atoms with E-state index in [1.807, 2.05) is 44.2 Å². The molecule has 2 amide bonds. The van der Waals surface area contributed by atoms with E-state index in [0.29, 0.717) is 19.4 Å². The molecule has 0 aliphatic carbocycles. The molecular formula is C15H20N2O2. The maximum Gasteiger partial charge on any atom is 0.245 e. The minimum atomic E-state index is -0.388. The summed E-state index contributed by atoms with van der Waals surface area (Å²) >= 11 is 0. The van der Waals surface area contributed by atoms with E-state index in [1.54, 1.807) is 4.90 Å². The normalized spacial score (nSPS) is 21.8. The number of benzene rings is 1. The van der Waals surface area contributed by atoms with Gasteiger partial charge >= 0.3 is 0 Å². The summed E-state index contributed by atoms with van der Waals surface area (Å²) in [5.41, 5.74) is 1.10. The molecule has 2 atom stereocenters. The van der Waals surface area contributed by atoms with Crippen molar-refractivity contribution in [1.82, 2.24) is 10.2 Å². The van der Waals surface area contributed by atoms with E-state index >= 15 is 0 Å². The fourth-order valence-corrected chi connectivity index (χ4v) is 2.43. The average molecular weight is 260 g/mol. The summed E-state index contributed by atoms with van der Waals surface area (Å²) in [4.78, 5) is 25.9. The Hall–Kier alpha value is -1.84. The second-order valence-electron chi connectivity index (χ2n) is 4.90. The molecule has 1 aliphatic rings. The van der Waals surface area contributed by atoms with Crippen LogP contribution in [0.25, 0.3) is 0 Å². The molecule has 2 rings (SSSR count). The van der Waals surface area contributed by atoms with E-state index in [4.69, 9.17) is 0 Å². The number of nitrogens with zero attached hydrogens (tertiary/aromatic N) is 1. The van der Waals surface area contributed by atoms with Crippen LogP contribution in [0.5, 0.6) is 0 Å². The predicted molar refractivity (Wildman–Crippen MR) is 73.4 cm³/mol. The van der Waals surface area contributed by atoms with Gasteiger partial charge in [0.2, 0.25) is 11.8 Å². The SMILES string of the molecule is CCC1NC(=O)CCN(C(C)c2ccccc2)C1=O. The smallest absolute Gasteiger partial charge is 0.245 e. The van der Waals surface area contributed by atoms with Crippen LogP contribution in [-0.4, -0.2) is 29.3 Å². The first-order valence-electron chi connectivity index (χ1n) is 6.78. The van der Waals surface area contributed by atoms with Gasteiger partial charge in [0.05, 0.1) is 6.04 Å². The largest absolute Gasteiger partial charge is 0.344 e. The van der Waals surface area contributed by atoms with Gasteiger partial charge in [0.15, 0.2) is 0 Å². The number of hydrogen-bond acceptors (Lipinski definition) is 2. The van der Waals surface area contributed by atoms with Gasteiger partial charge in [-0.2, -0.15) is 0 Å². The summed E-state index contributed by atoms with van der Waals surface area (Å²) in [5, 5.41) is 2.78. The van der Waals surface area contributed by atoms with Crippen LogP contribution >= 0.6 is 0 Å². The second kappa shape index (κ2) is 5.87. The van der Waals surface area contributed by atoms with Gasteiger partial charge in [0.25, 0.3) is 0 Å². The number of hydrogen-bond donors (Lipinski definition) is 1. The highest BCUT2D eigenvalue weighted by atomic mass is 16.2. The third kappa shape index (κ3) is 2.95. The third-order valence-corrected chi connectivity index (χ3v) is 3.65. The Bertz CT molecular complexity index is 458. The number of amides is 2. The molecular weight excluding hydrogens is 240 g/mol. The molecule has 1 aromatic rings.